The molecule has 2 fully saturated rings. The minimum Gasteiger partial charge on any atom is -0.480 e. The molecule has 1 aliphatic heterocycles. The molecule has 0 radical (unpaired) electrons. The molecule has 30 heavy (non-hydrogen) atoms. The fourth-order valence-electron chi connectivity index (χ4n) is 3.88. The summed E-state index contributed by atoms with van der Waals surface area (Å²) in [5.41, 5.74) is -0.619. The number of amides is 1. The smallest absolute Gasteiger partial charge is 0.425 e. The summed E-state index contributed by atoms with van der Waals surface area (Å²) in [4.78, 5) is 18.7. The first-order chi connectivity index (χ1) is 13.9. The van der Waals surface area contributed by atoms with Crippen molar-refractivity contribution in [2.24, 2.45) is 5.92 Å². The fraction of sp³-hybridized carbons (Fsp3) is 0.474. The summed E-state index contributed by atoms with van der Waals surface area (Å²) >= 11 is 0. The van der Waals surface area contributed by atoms with Crippen LogP contribution in [0, 0.1) is 5.92 Å². The molecule has 1 aromatic carbocycles. The van der Waals surface area contributed by atoms with Crippen LogP contribution in [-0.2, 0) is 15.3 Å². The predicted molar refractivity (Wildman–Crippen MR) is 97.9 cm³/mol. The van der Waals surface area contributed by atoms with E-state index in [-0.39, 0.29) is 28.7 Å². The van der Waals surface area contributed by atoms with Gasteiger partial charge < -0.3 is 14.1 Å². The molecule has 7 nitrogen and oxygen atoms in total. The van der Waals surface area contributed by atoms with Gasteiger partial charge in [-0.05, 0) is 37.5 Å². The molecule has 1 saturated carbocycles. The highest BCUT2D eigenvalue weighted by Gasteiger charge is 2.64. The van der Waals surface area contributed by atoms with Gasteiger partial charge in [-0.1, -0.05) is 0 Å². The average molecular weight is 444 g/mol. The second kappa shape index (κ2) is 6.73. The normalized spacial score (nSPS) is 24.4. The van der Waals surface area contributed by atoms with Crippen molar-refractivity contribution in [2.45, 2.75) is 35.9 Å². The summed E-state index contributed by atoms with van der Waals surface area (Å²) in [7, 11) is -3.68. The Morgan fingerprint density at radius 3 is 2.73 bits per heavy atom. The van der Waals surface area contributed by atoms with E-state index < -0.39 is 33.4 Å². The number of fused-ring (bicyclic) bond motifs is 1. The lowest BCUT2D eigenvalue weighted by molar-refractivity contribution is -0.189. The number of piperidine rings is 1. The number of likely N-dealkylation sites (tertiary alicyclic amines) is 1. The van der Waals surface area contributed by atoms with Crippen LogP contribution in [0.2, 0.25) is 0 Å². The molecule has 11 heteroatoms. The topological polar surface area (TPSA) is 89.7 Å². The molecule has 0 bridgehead atoms. The van der Waals surface area contributed by atoms with E-state index in [9.17, 15) is 26.4 Å². The highest BCUT2D eigenvalue weighted by atomic mass is 32.2. The lowest BCUT2D eigenvalue weighted by Crippen LogP contribution is -2.35. The Hall–Kier alpha value is -2.56. The number of rotatable bonds is 5. The molecule has 2 aliphatic rings. The van der Waals surface area contributed by atoms with Gasteiger partial charge in [0.1, 0.15) is 12.0 Å². The average Bonchev–Trinajstić information content (AvgIpc) is 3.03. The van der Waals surface area contributed by atoms with Gasteiger partial charge in [-0.3, -0.25) is 4.79 Å². The molecular weight excluding hydrogens is 425 g/mol. The number of benzene rings is 1. The zero-order valence-corrected chi connectivity index (χ0v) is 17.0. The van der Waals surface area contributed by atoms with Crippen LogP contribution < -0.4 is 4.74 Å². The Labute approximate surface area is 170 Å². The van der Waals surface area contributed by atoms with Gasteiger partial charge in [0.05, 0.1) is 22.1 Å². The minimum atomic E-state index is -4.64. The third-order valence-electron chi connectivity index (χ3n) is 5.67. The first-order valence-electron chi connectivity index (χ1n) is 9.18. The summed E-state index contributed by atoms with van der Waals surface area (Å²) in [6.07, 6.45) is -2.08. The Kier molecular flexibility index (Phi) is 4.64. The molecule has 2 unspecified atom stereocenters. The van der Waals surface area contributed by atoms with Gasteiger partial charge in [0.2, 0.25) is 5.89 Å². The van der Waals surface area contributed by atoms with Crippen LogP contribution in [0.1, 0.15) is 29.6 Å². The molecule has 3 atom stereocenters. The third kappa shape index (κ3) is 3.55. The number of ether oxygens (including phenoxy) is 1. The Morgan fingerprint density at radius 2 is 2.13 bits per heavy atom. The molecule has 162 valence electrons. The van der Waals surface area contributed by atoms with Crippen molar-refractivity contribution < 1.29 is 35.5 Å². The number of halogens is 3. The number of oxazole rings is 1. The van der Waals surface area contributed by atoms with Gasteiger partial charge in [-0.15, -0.1) is 0 Å². The van der Waals surface area contributed by atoms with Gasteiger partial charge in [0, 0.05) is 19.3 Å². The highest BCUT2D eigenvalue weighted by molar-refractivity contribution is 7.90. The maximum atomic E-state index is 13.2. The first-order valence-corrected chi connectivity index (χ1v) is 11.1. The second-order valence-electron chi connectivity index (χ2n) is 7.81. The summed E-state index contributed by atoms with van der Waals surface area (Å²) < 4.78 is 73.1. The molecule has 2 heterocycles. The quantitative estimate of drug-likeness (QED) is 0.705. The van der Waals surface area contributed by atoms with Gasteiger partial charge in [-0.2, -0.15) is 13.2 Å². The zero-order chi connectivity index (χ0) is 21.9. The van der Waals surface area contributed by atoms with Crippen molar-refractivity contribution in [3.05, 3.63) is 42.1 Å². The summed E-state index contributed by atoms with van der Waals surface area (Å²) in [5, 5.41) is 0. The Morgan fingerprint density at radius 1 is 1.40 bits per heavy atom. The summed E-state index contributed by atoms with van der Waals surface area (Å²) in [6, 6.07) is 3.28. The fourth-order valence-corrected chi connectivity index (χ4v) is 4.52. The number of hydrogen-bond donors (Lipinski definition) is 0. The molecule has 1 saturated heterocycles. The van der Waals surface area contributed by atoms with Crippen LogP contribution >= 0.6 is 0 Å². The maximum absolute atomic E-state index is 13.2. The molecule has 1 aliphatic carbocycles. The second-order valence-corrected chi connectivity index (χ2v) is 9.83. The van der Waals surface area contributed by atoms with E-state index >= 15 is 0 Å². The number of sulfone groups is 1. The molecule has 0 spiro atoms. The lowest BCUT2D eigenvalue weighted by atomic mass is 10.1. The molecule has 2 aromatic rings. The number of carbonyl (C=O) groups excluding carboxylic acids is 1. The van der Waals surface area contributed by atoms with Crippen LogP contribution in [0.25, 0.3) is 0 Å². The first kappa shape index (κ1) is 20.7. The van der Waals surface area contributed by atoms with Crippen molar-refractivity contribution in [3.63, 3.8) is 0 Å². The van der Waals surface area contributed by atoms with Crippen molar-refractivity contribution in [2.75, 3.05) is 19.3 Å². The molecule has 0 N–H and O–H groups in total. The van der Waals surface area contributed by atoms with E-state index in [4.69, 9.17) is 9.15 Å². The van der Waals surface area contributed by atoms with Gasteiger partial charge in [-0.25, -0.2) is 13.4 Å². The van der Waals surface area contributed by atoms with E-state index in [1.54, 1.807) is 0 Å². The highest BCUT2D eigenvalue weighted by Crippen LogP contribution is 2.58. The van der Waals surface area contributed by atoms with Crippen molar-refractivity contribution in [1.29, 1.82) is 0 Å². The van der Waals surface area contributed by atoms with E-state index in [1.165, 1.54) is 17.4 Å². The van der Waals surface area contributed by atoms with Gasteiger partial charge >= 0.3 is 6.18 Å². The van der Waals surface area contributed by atoms with Crippen molar-refractivity contribution >= 4 is 15.7 Å². The summed E-state index contributed by atoms with van der Waals surface area (Å²) in [5.74, 6) is -0.252. The monoisotopic (exact) mass is 444 g/mol. The van der Waals surface area contributed by atoms with E-state index in [0.29, 0.717) is 12.4 Å². The summed E-state index contributed by atoms with van der Waals surface area (Å²) in [6.45, 7) is 1.48. The van der Waals surface area contributed by atoms with Crippen molar-refractivity contribution in [3.8, 4) is 5.75 Å². The predicted octanol–water partition coefficient (Wildman–Crippen LogP) is 2.82. The van der Waals surface area contributed by atoms with Gasteiger partial charge in [0.15, 0.2) is 15.9 Å². The third-order valence-corrected chi connectivity index (χ3v) is 6.78. The zero-order valence-electron chi connectivity index (χ0n) is 16.1. The van der Waals surface area contributed by atoms with Crippen LogP contribution in [-0.4, -0.2) is 55.8 Å². The van der Waals surface area contributed by atoms with Gasteiger partial charge in [0.25, 0.3) is 5.91 Å². The maximum Gasteiger partial charge on any atom is 0.425 e. The largest absolute Gasteiger partial charge is 0.480 e. The number of carbonyl (C=O) groups is 1. The molecule has 1 aromatic heterocycles. The Bertz CT molecular complexity index is 1080. The molecule has 4 rings (SSSR count). The van der Waals surface area contributed by atoms with Crippen LogP contribution in [0.5, 0.6) is 5.75 Å². The number of aromatic nitrogens is 1. The van der Waals surface area contributed by atoms with Crippen LogP contribution in [0.4, 0.5) is 13.2 Å². The SMILES string of the molecule is C[C@H](Oc1ccc(S(C)(=O)=O)cc1C(=O)N1CC2CC2(c2ncco2)C1)C(F)(F)F. The standard InChI is InChI=1S/C19H19F3N2O5S/c1-11(19(20,21)22)29-15-4-3-13(30(2,26)27)7-14(15)16(25)24-9-12-8-18(12,10-24)17-23-5-6-28-17/h3-7,11-12H,8-10H2,1-2H3/t11-,12?,18?/m0/s1. The number of nitrogens with zero attached hydrogens (tertiary/aromatic N) is 2. The Balaban J connectivity index is 1.65. The van der Waals surface area contributed by atoms with Crippen molar-refractivity contribution in [1.82, 2.24) is 9.88 Å². The number of alkyl halides is 3. The van der Waals surface area contributed by atoms with Crippen LogP contribution in [0.3, 0.4) is 0 Å². The number of hydrogen-bond acceptors (Lipinski definition) is 6. The minimum absolute atomic E-state index is 0.136. The van der Waals surface area contributed by atoms with E-state index in [1.807, 2.05) is 0 Å². The van der Waals surface area contributed by atoms with Crippen LogP contribution in [0.15, 0.2) is 40.0 Å². The molecule has 1 amide bonds. The lowest BCUT2D eigenvalue weighted by Gasteiger charge is -2.24. The van der Waals surface area contributed by atoms with E-state index in [0.717, 1.165) is 37.8 Å². The molecular formula is C19H19F3N2O5S. The van der Waals surface area contributed by atoms with E-state index in [2.05, 4.69) is 4.98 Å².